The van der Waals surface area contributed by atoms with Gasteiger partial charge < -0.3 is 10.4 Å². The molecule has 1 aromatic rings. The molecule has 0 saturated heterocycles. The Morgan fingerprint density at radius 3 is 2.56 bits per heavy atom. The molecule has 0 aliphatic rings. The van der Waals surface area contributed by atoms with Crippen molar-refractivity contribution in [3.63, 3.8) is 0 Å². The molecule has 3 nitrogen and oxygen atoms in total. The van der Waals surface area contributed by atoms with Gasteiger partial charge in [0.1, 0.15) is 5.75 Å². The van der Waals surface area contributed by atoms with Crippen LogP contribution in [0.5, 0.6) is 5.75 Å². The van der Waals surface area contributed by atoms with E-state index in [9.17, 15) is 4.79 Å². The molecule has 4 heteroatoms. The maximum atomic E-state index is 11.8. The van der Waals surface area contributed by atoms with E-state index in [2.05, 4.69) is 5.32 Å². The number of halogens is 1. The standard InChI is InChI=1S/C12H16ClNO2/c1-2-10(7-8-13)14-12(16)9-3-5-11(15)6-4-9/h3-6,10,15H,2,7-8H2,1H3,(H,14,16). The first-order valence-corrected chi connectivity index (χ1v) is 5.86. The normalized spacial score (nSPS) is 12.1. The van der Waals surface area contributed by atoms with Crippen molar-refractivity contribution >= 4 is 17.5 Å². The first kappa shape index (κ1) is 12.8. The average Bonchev–Trinajstić information content (AvgIpc) is 2.29. The van der Waals surface area contributed by atoms with E-state index in [1.807, 2.05) is 6.92 Å². The fraction of sp³-hybridized carbons (Fsp3) is 0.417. The molecule has 0 aliphatic carbocycles. The van der Waals surface area contributed by atoms with Gasteiger partial charge in [0.05, 0.1) is 0 Å². The van der Waals surface area contributed by atoms with Crippen molar-refractivity contribution in [1.29, 1.82) is 0 Å². The molecular formula is C12H16ClNO2. The molecule has 1 unspecified atom stereocenters. The van der Waals surface area contributed by atoms with E-state index in [0.717, 1.165) is 12.8 Å². The lowest BCUT2D eigenvalue weighted by Gasteiger charge is -2.15. The highest BCUT2D eigenvalue weighted by Gasteiger charge is 2.11. The van der Waals surface area contributed by atoms with E-state index in [0.29, 0.717) is 11.4 Å². The molecule has 0 fully saturated rings. The first-order chi connectivity index (χ1) is 7.67. The third kappa shape index (κ3) is 3.74. The molecule has 1 rings (SSSR count). The van der Waals surface area contributed by atoms with Gasteiger partial charge in [-0.3, -0.25) is 4.79 Å². The Labute approximate surface area is 100 Å². The molecule has 0 aromatic heterocycles. The number of alkyl halides is 1. The average molecular weight is 242 g/mol. The number of rotatable bonds is 5. The maximum Gasteiger partial charge on any atom is 0.251 e. The SMILES string of the molecule is CCC(CCCl)NC(=O)c1ccc(O)cc1. The number of phenols is 1. The molecule has 2 N–H and O–H groups in total. The van der Waals surface area contributed by atoms with Gasteiger partial charge >= 0.3 is 0 Å². The number of phenolic OH excluding ortho intramolecular Hbond substituents is 1. The fourth-order valence-electron chi connectivity index (χ4n) is 1.39. The lowest BCUT2D eigenvalue weighted by molar-refractivity contribution is 0.0935. The Kier molecular flexibility index (Phi) is 5.12. The summed E-state index contributed by atoms with van der Waals surface area (Å²) in [7, 11) is 0. The molecule has 0 saturated carbocycles. The van der Waals surface area contributed by atoms with Gasteiger partial charge in [0.25, 0.3) is 5.91 Å². The highest BCUT2D eigenvalue weighted by molar-refractivity contribution is 6.17. The minimum absolute atomic E-state index is 0.110. The number of hydrogen-bond donors (Lipinski definition) is 2. The van der Waals surface area contributed by atoms with Gasteiger partial charge in [-0.1, -0.05) is 6.92 Å². The largest absolute Gasteiger partial charge is 0.508 e. The van der Waals surface area contributed by atoms with E-state index >= 15 is 0 Å². The quantitative estimate of drug-likeness (QED) is 0.779. The lowest BCUT2D eigenvalue weighted by atomic mass is 10.1. The lowest BCUT2D eigenvalue weighted by Crippen LogP contribution is -2.34. The third-order valence-electron chi connectivity index (χ3n) is 2.42. The van der Waals surface area contributed by atoms with E-state index in [1.165, 1.54) is 12.1 Å². The number of nitrogens with one attached hydrogen (secondary N) is 1. The van der Waals surface area contributed by atoms with Crippen LogP contribution in [0, 0.1) is 0 Å². The summed E-state index contributed by atoms with van der Waals surface area (Å²) in [5, 5.41) is 12.0. The molecular weight excluding hydrogens is 226 g/mol. The van der Waals surface area contributed by atoms with Crippen LogP contribution < -0.4 is 5.32 Å². The second-order valence-corrected chi connectivity index (χ2v) is 3.98. The number of amides is 1. The van der Waals surface area contributed by atoms with Crippen LogP contribution in [0.3, 0.4) is 0 Å². The second-order valence-electron chi connectivity index (χ2n) is 3.60. The summed E-state index contributed by atoms with van der Waals surface area (Å²) >= 11 is 5.64. The summed E-state index contributed by atoms with van der Waals surface area (Å²) in [6, 6.07) is 6.30. The molecule has 0 heterocycles. The van der Waals surface area contributed by atoms with Crippen molar-refractivity contribution in [2.45, 2.75) is 25.8 Å². The van der Waals surface area contributed by atoms with E-state index in [4.69, 9.17) is 16.7 Å². The number of benzene rings is 1. The molecule has 1 amide bonds. The summed E-state index contributed by atoms with van der Waals surface area (Å²) in [6.45, 7) is 2.01. The van der Waals surface area contributed by atoms with E-state index < -0.39 is 0 Å². The highest BCUT2D eigenvalue weighted by Crippen LogP contribution is 2.10. The molecule has 88 valence electrons. The van der Waals surface area contributed by atoms with Crippen molar-refractivity contribution in [1.82, 2.24) is 5.32 Å². The van der Waals surface area contributed by atoms with Gasteiger partial charge in [-0.2, -0.15) is 0 Å². The van der Waals surface area contributed by atoms with Crippen molar-refractivity contribution in [3.8, 4) is 5.75 Å². The van der Waals surface area contributed by atoms with Crippen molar-refractivity contribution in [3.05, 3.63) is 29.8 Å². The minimum atomic E-state index is -0.128. The van der Waals surface area contributed by atoms with Crippen molar-refractivity contribution in [2.24, 2.45) is 0 Å². The Morgan fingerprint density at radius 2 is 2.06 bits per heavy atom. The van der Waals surface area contributed by atoms with Gasteiger partial charge in [-0.15, -0.1) is 11.6 Å². The zero-order valence-electron chi connectivity index (χ0n) is 9.24. The van der Waals surface area contributed by atoms with E-state index in [1.54, 1.807) is 12.1 Å². The van der Waals surface area contributed by atoms with Crippen LogP contribution in [0.1, 0.15) is 30.1 Å². The molecule has 16 heavy (non-hydrogen) atoms. The Balaban J connectivity index is 2.60. The van der Waals surface area contributed by atoms with Crippen LogP contribution in [0.15, 0.2) is 24.3 Å². The molecule has 0 aliphatic heterocycles. The van der Waals surface area contributed by atoms with Gasteiger partial charge in [-0.25, -0.2) is 0 Å². The van der Waals surface area contributed by atoms with Crippen LogP contribution in [0.4, 0.5) is 0 Å². The number of carbonyl (C=O) groups is 1. The molecule has 0 radical (unpaired) electrons. The highest BCUT2D eigenvalue weighted by atomic mass is 35.5. The summed E-state index contributed by atoms with van der Waals surface area (Å²) in [5.74, 6) is 0.565. The summed E-state index contributed by atoms with van der Waals surface area (Å²) in [4.78, 5) is 11.8. The topological polar surface area (TPSA) is 49.3 Å². The number of hydrogen-bond acceptors (Lipinski definition) is 2. The van der Waals surface area contributed by atoms with Crippen LogP contribution in [-0.4, -0.2) is 22.9 Å². The Bertz CT molecular complexity index is 337. The van der Waals surface area contributed by atoms with Gasteiger partial charge in [0, 0.05) is 17.5 Å². The molecule has 0 bridgehead atoms. The first-order valence-electron chi connectivity index (χ1n) is 5.33. The predicted molar refractivity (Wildman–Crippen MR) is 65.0 cm³/mol. The van der Waals surface area contributed by atoms with Crippen molar-refractivity contribution in [2.75, 3.05) is 5.88 Å². The van der Waals surface area contributed by atoms with Crippen LogP contribution in [0.25, 0.3) is 0 Å². The fourth-order valence-corrected chi connectivity index (χ4v) is 1.66. The third-order valence-corrected chi connectivity index (χ3v) is 2.63. The van der Waals surface area contributed by atoms with Crippen LogP contribution >= 0.6 is 11.6 Å². The zero-order valence-corrected chi connectivity index (χ0v) is 10.00. The smallest absolute Gasteiger partial charge is 0.251 e. The summed E-state index contributed by atoms with van der Waals surface area (Å²) in [5.41, 5.74) is 0.547. The predicted octanol–water partition coefficient (Wildman–Crippen LogP) is 2.53. The summed E-state index contributed by atoms with van der Waals surface area (Å²) in [6.07, 6.45) is 1.62. The second kappa shape index (κ2) is 6.38. The maximum absolute atomic E-state index is 11.8. The Hall–Kier alpha value is -1.22. The van der Waals surface area contributed by atoms with Crippen molar-refractivity contribution < 1.29 is 9.90 Å². The van der Waals surface area contributed by atoms with Crippen LogP contribution in [-0.2, 0) is 0 Å². The molecule has 0 spiro atoms. The summed E-state index contributed by atoms with van der Waals surface area (Å²) < 4.78 is 0. The minimum Gasteiger partial charge on any atom is -0.508 e. The zero-order chi connectivity index (χ0) is 12.0. The van der Waals surface area contributed by atoms with E-state index in [-0.39, 0.29) is 17.7 Å². The Morgan fingerprint density at radius 1 is 1.44 bits per heavy atom. The monoisotopic (exact) mass is 241 g/mol. The number of carbonyl (C=O) groups excluding carboxylic acids is 1. The van der Waals surface area contributed by atoms with Gasteiger partial charge in [0.2, 0.25) is 0 Å². The van der Waals surface area contributed by atoms with Gasteiger partial charge in [-0.05, 0) is 37.1 Å². The molecule has 1 atom stereocenters. The van der Waals surface area contributed by atoms with Gasteiger partial charge in [0.15, 0.2) is 0 Å². The molecule has 1 aromatic carbocycles. The number of aromatic hydroxyl groups is 1. The van der Waals surface area contributed by atoms with Crippen LogP contribution in [0.2, 0.25) is 0 Å².